The Morgan fingerprint density at radius 2 is 1.81 bits per heavy atom. The van der Waals surface area contributed by atoms with Crippen LogP contribution in [0, 0.1) is 0 Å². The first-order chi connectivity index (χ1) is 9.71. The molecule has 0 amide bonds. The second-order valence-electron chi connectivity index (χ2n) is 6.48. The summed E-state index contributed by atoms with van der Waals surface area (Å²) < 4.78 is 13.9. The van der Waals surface area contributed by atoms with Crippen LogP contribution in [0.3, 0.4) is 0 Å². The average Bonchev–Trinajstić information content (AvgIpc) is 2.87. The second-order valence-corrected chi connectivity index (χ2v) is 6.48. The van der Waals surface area contributed by atoms with E-state index in [-0.39, 0.29) is 17.0 Å². The number of carbonyl (C=O) groups excluding carboxylic acids is 1. The van der Waals surface area contributed by atoms with Gasteiger partial charge in [-0.2, -0.15) is 0 Å². The molecule has 5 nitrogen and oxygen atoms in total. The fraction of sp³-hybridized carbons (Fsp3) is 0.467. The molecule has 1 aliphatic rings. The molecule has 0 aliphatic carbocycles. The Morgan fingerprint density at radius 3 is 2.38 bits per heavy atom. The fourth-order valence-corrected chi connectivity index (χ4v) is 2.38. The smallest absolute Gasteiger partial charge is 0.399 e. The van der Waals surface area contributed by atoms with Crippen molar-refractivity contribution in [1.29, 1.82) is 0 Å². The quantitative estimate of drug-likeness (QED) is 0.624. The summed E-state index contributed by atoms with van der Waals surface area (Å²) in [5.41, 5.74) is 1.40. The molecule has 0 unspecified atom stereocenters. The van der Waals surface area contributed by atoms with Crippen LogP contribution in [-0.4, -0.2) is 33.5 Å². The minimum atomic E-state index is -0.443. The predicted octanol–water partition coefficient (Wildman–Crippen LogP) is 1.84. The second kappa shape index (κ2) is 4.42. The standard InChI is InChI=1S/C15H19BN2O3/c1-10(19)12-8-17-13-7-6-11(9-18(12)13)16-20-14(2,3)15(4,5)21-16/h6-9H,1-5H3. The lowest BCUT2D eigenvalue weighted by Crippen LogP contribution is -2.41. The molecule has 3 rings (SSSR count). The summed E-state index contributed by atoms with van der Waals surface area (Å²) in [5, 5.41) is 0. The van der Waals surface area contributed by atoms with Gasteiger partial charge in [0.1, 0.15) is 11.3 Å². The average molecular weight is 286 g/mol. The van der Waals surface area contributed by atoms with E-state index in [1.165, 1.54) is 6.92 Å². The molecule has 0 radical (unpaired) electrons. The van der Waals surface area contributed by atoms with Gasteiger partial charge in [0.15, 0.2) is 5.78 Å². The van der Waals surface area contributed by atoms with E-state index in [2.05, 4.69) is 4.98 Å². The van der Waals surface area contributed by atoms with Gasteiger partial charge in [0.25, 0.3) is 0 Å². The van der Waals surface area contributed by atoms with E-state index in [1.807, 2.05) is 46.0 Å². The Bertz CT molecular complexity index is 705. The van der Waals surface area contributed by atoms with Crippen LogP contribution in [0.25, 0.3) is 5.65 Å². The largest absolute Gasteiger partial charge is 0.496 e. The first-order valence-corrected chi connectivity index (χ1v) is 7.05. The number of imidazole rings is 1. The number of ketones is 1. The van der Waals surface area contributed by atoms with Crippen LogP contribution in [0.5, 0.6) is 0 Å². The van der Waals surface area contributed by atoms with Crippen molar-refractivity contribution in [3.8, 4) is 0 Å². The van der Waals surface area contributed by atoms with Gasteiger partial charge in [-0.25, -0.2) is 4.98 Å². The highest BCUT2D eigenvalue weighted by Gasteiger charge is 2.51. The van der Waals surface area contributed by atoms with E-state index >= 15 is 0 Å². The van der Waals surface area contributed by atoms with Crippen molar-refractivity contribution < 1.29 is 14.1 Å². The van der Waals surface area contributed by atoms with E-state index in [0.717, 1.165) is 11.1 Å². The monoisotopic (exact) mass is 286 g/mol. The summed E-state index contributed by atoms with van der Waals surface area (Å²) in [5.74, 6) is -0.0198. The maximum absolute atomic E-state index is 11.6. The van der Waals surface area contributed by atoms with Crippen molar-refractivity contribution in [3.63, 3.8) is 0 Å². The van der Waals surface area contributed by atoms with E-state index in [9.17, 15) is 4.79 Å². The minimum Gasteiger partial charge on any atom is -0.399 e. The highest BCUT2D eigenvalue weighted by molar-refractivity contribution is 6.62. The number of Topliss-reactive ketones (excluding diaryl/α,β-unsaturated/α-hetero) is 1. The summed E-state index contributed by atoms with van der Waals surface area (Å²) in [7, 11) is -0.443. The zero-order chi connectivity index (χ0) is 15.4. The van der Waals surface area contributed by atoms with Gasteiger partial charge in [-0.3, -0.25) is 9.20 Å². The number of fused-ring (bicyclic) bond motifs is 1. The highest BCUT2D eigenvalue weighted by atomic mass is 16.7. The number of aromatic nitrogens is 2. The molecule has 6 heteroatoms. The van der Waals surface area contributed by atoms with Crippen molar-refractivity contribution in [2.75, 3.05) is 0 Å². The summed E-state index contributed by atoms with van der Waals surface area (Å²) in [6.07, 6.45) is 3.45. The van der Waals surface area contributed by atoms with Crippen molar-refractivity contribution in [3.05, 3.63) is 30.2 Å². The Morgan fingerprint density at radius 1 is 1.19 bits per heavy atom. The third-order valence-corrected chi connectivity index (χ3v) is 4.41. The molecular formula is C15H19BN2O3. The molecule has 0 spiro atoms. The topological polar surface area (TPSA) is 52.8 Å². The minimum absolute atomic E-state index is 0.0198. The van der Waals surface area contributed by atoms with E-state index in [4.69, 9.17) is 9.31 Å². The molecule has 2 aromatic rings. The van der Waals surface area contributed by atoms with Crippen LogP contribution in [-0.2, 0) is 9.31 Å². The van der Waals surface area contributed by atoms with Gasteiger partial charge in [0, 0.05) is 13.1 Å². The maximum Gasteiger partial charge on any atom is 0.496 e. The van der Waals surface area contributed by atoms with Crippen LogP contribution in [0.1, 0.15) is 45.1 Å². The molecule has 0 aromatic carbocycles. The van der Waals surface area contributed by atoms with Gasteiger partial charge in [0.05, 0.1) is 17.4 Å². The third-order valence-electron chi connectivity index (χ3n) is 4.41. The zero-order valence-electron chi connectivity index (χ0n) is 13.0. The molecule has 0 saturated carbocycles. The zero-order valence-corrected chi connectivity index (χ0v) is 13.0. The highest BCUT2D eigenvalue weighted by Crippen LogP contribution is 2.36. The normalized spacial score (nSPS) is 20.1. The summed E-state index contributed by atoms with van der Waals surface area (Å²) in [4.78, 5) is 15.9. The molecule has 0 bridgehead atoms. The van der Waals surface area contributed by atoms with Gasteiger partial charge in [-0.15, -0.1) is 0 Å². The van der Waals surface area contributed by atoms with Gasteiger partial charge in [-0.05, 0) is 39.2 Å². The first kappa shape index (κ1) is 14.3. The number of carbonyl (C=O) groups is 1. The van der Waals surface area contributed by atoms with Crippen LogP contribution in [0.4, 0.5) is 0 Å². The molecule has 0 N–H and O–H groups in total. The van der Waals surface area contributed by atoms with Crippen LogP contribution < -0.4 is 5.46 Å². The lowest BCUT2D eigenvalue weighted by atomic mass is 9.80. The van der Waals surface area contributed by atoms with Gasteiger partial charge in [0.2, 0.25) is 0 Å². The van der Waals surface area contributed by atoms with Crippen LogP contribution in [0.2, 0.25) is 0 Å². The number of nitrogens with zero attached hydrogens (tertiary/aromatic N) is 2. The van der Waals surface area contributed by atoms with E-state index in [0.29, 0.717) is 5.69 Å². The summed E-state index contributed by atoms with van der Waals surface area (Å²) >= 11 is 0. The number of pyridine rings is 1. The van der Waals surface area contributed by atoms with Crippen molar-refractivity contribution >= 4 is 24.0 Å². The Hall–Kier alpha value is -1.66. The molecule has 1 aliphatic heterocycles. The molecule has 21 heavy (non-hydrogen) atoms. The van der Waals surface area contributed by atoms with Gasteiger partial charge < -0.3 is 9.31 Å². The Labute approximate surface area is 124 Å². The Kier molecular flexibility index (Phi) is 3.01. The fourth-order valence-electron chi connectivity index (χ4n) is 2.38. The van der Waals surface area contributed by atoms with Gasteiger partial charge in [-0.1, -0.05) is 6.07 Å². The van der Waals surface area contributed by atoms with E-state index < -0.39 is 7.12 Å². The van der Waals surface area contributed by atoms with Gasteiger partial charge >= 0.3 is 7.12 Å². The molecule has 110 valence electrons. The lowest BCUT2D eigenvalue weighted by molar-refractivity contribution is 0.00578. The van der Waals surface area contributed by atoms with Crippen LogP contribution in [0.15, 0.2) is 24.5 Å². The van der Waals surface area contributed by atoms with Crippen molar-refractivity contribution in [2.24, 2.45) is 0 Å². The molecular weight excluding hydrogens is 267 g/mol. The number of rotatable bonds is 2. The SMILES string of the molecule is CC(=O)c1cnc2ccc(B3OC(C)(C)C(C)(C)O3)cn12. The molecule has 1 fully saturated rings. The maximum atomic E-state index is 11.6. The summed E-state index contributed by atoms with van der Waals surface area (Å²) in [6.45, 7) is 9.60. The number of hydrogen-bond acceptors (Lipinski definition) is 4. The van der Waals surface area contributed by atoms with E-state index in [1.54, 1.807) is 10.6 Å². The van der Waals surface area contributed by atoms with Crippen molar-refractivity contribution in [2.45, 2.75) is 45.8 Å². The first-order valence-electron chi connectivity index (χ1n) is 7.05. The molecule has 0 atom stereocenters. The number of hydrogen-bond donors (Lipinski definition) is 0. The molecule has 2 aromatic heterocycles. The molecule has 1 saturated heterocycles. The van der Waals surface area contributed by atoms with Crippen LogP contribution >= 0.6 is 0 Å². The molecule has 3 heterocycles. The summed E-state index contributed by atoms with van der Waals surface area (Å²) in [6, 6.07) is 3.79. The lowest BCUT2D eigenvalue weighted by Gasteiger charge is -2.32. The third kappa shape index (κ3) is 2.19. The Balaban J connectivity index is 2.03. The van der Waals surface area contributed by atoms with Crippen molar-refractivity contribution in [1.82, 2.24) is 9.38 Å². The predicted molar refractivity (Wildman–Crippen MR) is 80.9 cm³/mol.